The van der Waals surface area contributed by atoms with Crippen LogP contribution in [-0.2, 0) is 12.8 Å². The van der Waals surface area contributed by atoms with Crippen LogP contribution in [0, 0.1) is 0 Å². The van der Waals surface area contributed by atoms with Crippen LogP contribution < -0.4 is 10.6 Å². The van der Waals surface area contributed by atoms with Gasteiger partial charge in [0, 0.05) is 9.75 Å². The fourth-order valence-corrected chi connectivity index (χ4v) is 8.69. The maximum atomic E-state index is 2.44. The van der Waals surface area contributed by atoms with Crippen LogP contribution >= 0.6 is 27.2 Å². The Morgan fingerprint density at radius 1 is 0.737 bits per heavy atom. The van der Waals surface area contributed by atoms with Crippen molar-refractivity contribution in [2.45, 2.75) is 52.4 Å². The summed E-state index contributed by atoms with van der Waals surface area (Å²) in [6, 6.07) is 0. The molecule has 0 bridgehead atoms. The molecule has 0 aliphatic rings. The van der Waals surface area contributed by atoms with E-state index in [0.717, 1.165) is 0 Å². The minimum atomic E-state index is 0.0463. The molecule has 0 nitrogen and oxygen atoms in total. The second-order valence-corrected chi connectivity index (χ2v) is 11.3. The highest BCUT2D eigenvalue weighted by Gasteiger charge is 2.21. The molecular weight excluding hydrogens is 286 g/mol. The predicted molar refractivity (Wildman–Crippen MR) is 98.3 cm³/mol. The van der Waals surface area contributed by atoms with Crippen LogP contribution in [0.5, 0.6) is 0 Å². The van der Waals surface area contributed by atoms with E-state index < -0.39 is 0 Å². The zero-order chi connectivity index (χ0) is 14.4. The van der Waals surface area contributed by atoms with Gasteiger partial charge in [-0.3, -0.25) is 0 Å². The predicted octanol–water partition coefficient (Wildman–Crippen LogP) is 5.17. The summed E-state index contributed by atoms with van der Waals surface area (Å²) in [6.07, 6.45) is 7.98. The molecule has 0 amide bonds. The zero-order valence-corrected chi connectivity index (χ0v) is 16.2. The molecule has 0 spiro atoms. The second-order valence-electron chi connectivity index (χ2n) is 5.64. The van der Waals surface area contributed by atoms with E-state index in [1.54, 1.807) is 20.4 Å². The van der Waals surface area contributed by atoms with Crippen LogP contribution in [-0.4, -0.2) is 26.7 Å². The fourth-order valence-electron chi connectivity index (χ4n) is 2.45. The van der Waals surface area contributed by atoms with Crippen molar-refractivity contribution in [1.29, 1.82) is 0 Å². The summed E-state index contributed by atoms with van der Waals surface area (Å²) in [5, 5.41) is 3.58. The minimum absolute atomic E-state index is 0.0463. The molecule has 1 aromatic heterocycles. The summed E-state index contributed by atoms with van der Waals surface area (Å²) in [5.74, 6) is 0. The monoisotopic (exact) mass is 316 g/mol. The van der Waals surface area contributed by atoms with Gasteiger partial charge in [-0.25, -0.2) is 0 Å². The van der Waals surface area contributed by atoms with Crippen molar-refractivity contribution in [2.24, 2.45) is 0 Å². The largest absolute Gasteiger partial charge is 0.144 e. The third-order valence-corrected chi connectivity index (χ3v) is 7.97. The Kier molecular flexibility index (Phi) is 8.12. The van der Waals surface area contributed by atoms with Crippen molar-refractivity contribution in [3.63, 3.8) is 0 Å². The lowest BCUT2D eigenvalue weighted by atomic mass is 10.2. The van der Waals surface area contributed by atoms with Gasteiger partial charge in [-0.1, -0.05) is 42.5 Å². The molecular formula is C16H30P2S. The molecule has 0 radical (unpaired) electrons. The summed E-state index contributed by atoms with van der Waals surface area (Å²) in [4.78, 5) is 3.46. The van der Waals surface area contributed by atoms with E-state index in [4.69, 9.17) is 0 Å². The molecule has 0 saturated heterocycles. The standard InChI is InChI=1S/C16H30P2S/c1-7-9-11-13-15(17(3)4)16(18(5)6)14(19-13)12-10-8-2/h7-12H2,1-6H3. The summed E-state index contributed by atoms with van der Waals surface area (Å²) in [5.41, 5.74) is 0. The fraction of sp³-hybridized carbons (Fsp3) is 0.750. The van der Waals surface area contributed by atoms with Crippen molar-refractivity contribution >= 4 is 37.8 Å². The van der Waals surface area contributed by atoms with Gasteiger partial charge in [-0.15, -0.1) is 11.3 Å². The summed E-state index contributed by atoms with van der Waals surface area (Å²) < 4.78 is 0. The normalized spacial score (nSPS) is 11.8. The highest BCUT2D eigenvalue weighted by atomic mass is 32.1. The van der Waals surface area contributed by atoms with E-state index >= 15 is 0 Å². The minimum Gasteiger partial charge on any atom is -0.144 e. The van der Waals surface area contributed by atoms with Crippen molar-refractivity contribution in [2.75, 3.05) is 26.7 Å². The summed E-state index contributed by atoms with van der Waals surface area (Å²) in [7, 11) is 0.0926. The van der Waals surface area contributed by atoms with Crippen LogP contribution in [0.15, 0.2) is 0 Å². The van der Waals surface area contributed by atoms with Crippen LogP contribution in [0.1, 0.15) is 49.3 Å². The van der Waals surface area contributed by atoms with Crippen molar-refractivity contribution in [3.8, 4) is 0 Å². The molecule has 0 atom stereocenters. The van der Waals surface area contributed by atoms with Gasteiger partial charge >= 0.3 is 0 Å². The average molecular weight is 316 g/mol. The van der Waals surface area contributed by atoms with Crippen LogP contribution in [0.3, 0.4) is 0 Å². The number of unbranched alkanes of at least 4 members (excludes halogenated alkanes) is 2. The third-order valence-electron chi connectivity index (χ3n) is 3.41. The maximum Gasteiger partial charge on any atom is 0.0131 e. The van der Waals surface area contributed by atoms with Gasteiger partial charge in [0.25, 0.3) is 0 Å². The molecule has 0 fully saturated rings. The molecule has 0 unspecified atom stereocenters. The van der Waals surface area contributed by atoms with Crippen LogP contribution in [0.25, 0.3) is 0 Å². The van der Waals surface area contributed by atoms with Gasteiger partial charge in [-0.05, 0) is 63.0 Å². The molecule has 19 heavy (non-hydrogen) atoms. The smallest absolute Gasteiger partial charge is 0.0131 e. The van der Waals surface area contributed by atoms with E-state index in [9.17, 15) is 0 Å². The maximum absolute atomic E-state index is 2.44. The highest BCUT2D eigenvalue weighted by molar-refractivity contribution is 7.71. The first-order valence-electron chi connectivity index (χ1n) is 7.52. The second kappa shape index (κ2) is 8.76. The number of thiophene rings is 1. The molecule has 1 heterocycles. The Balaban J connectivity index is 3.15. The Morgan fingerprint density at radius 2 is 1.11 bits per heavy atom. The topological polar surface area (TPSA) is 0 Å². The molecule has 0 aromatic carbocycles. The van der Waals surface area contributed by atoms with Gasteiger partial charge in [0.1, 0.15) is 0 Å². The Bertz CT molecular complexity index is 346. The third kappa shape index (κ3) is 4.80. The van der Waals surface area contributed by atoms with Crippen LogP contribution in [0.2, 0.25) is 0 Å². The zero-order valence-electron chi connectivity index (χ0n) is 13.5. The Hall–Kier alpha value is 0.560. The molecule has 0 N–H and O–H groups in total. The van der Waals surface area contributed by atoms with E-state index in [-0.39, 0.29) is 15.8 Å². The highest BCUT2D eigenvalue weighted by Crippen LogP contribution is 2.38. The lowest BCUT2D eigenvalue weighted by Crippen LogP contribution is -2.22. The first-order chi connectivity index (χ1) is 9.02. The molecule has 1 rings (SSSR count). The summed E-state index contributed by atoms with van der Waals surface area (Å²) in [6.45, 7) is 14.4. The summed E-state index contributed by atoms with van der Waals surface area (Å²) >= 11 is 2.16. The SMILES string of the molecule is CCCCc1sc(CCCC)c(P(C)C)c1P(C)C. The van der Waals surface area contributed by atoms with Gasteiger partial charge in [-0.2, -0.15) is 0 Å². The molecule has 0 aliphatic carbocycles. The van der Waals surface area contributed by atoms with E-state index in [1.807, 2.05) is 0 Å². The number of hydrogen-bond donors (Lipinski definition) is 0. The van der Waals surface area contributed by atoms with Crippen LogP contribution in [0.4, 0.5) is 0 Å². The van der Waals surface area contributed by atoms with Gasteiger partial charge in [0.15, 0.2) is 0 Å². The van der Waals surface area contributed by atoms with Crippen molar-refractivity contribution in [1.82, 2.24) is 0 Å². The van der Waals surface area contributed by atoms with Crippen molar-refractivity contribution in [3.05, 3.63) is 9.75 Å². The van der Waals surface area contributed by atoms with Crippen molar-refractivity contribution < 1.29 is 0 Å². The van der Waals surface area contributed by atoms with Gasteiger partial charge < -0.3 is 0 Å². The Morgan fingerprint density at radius 3 is 1.37 bits per heavy atom. The van der Waals surface area contributed by atoms with Gasteiger partial charge in [0.2, 0.25) is 0 Å². The molecule has 110 valence electrons. The first kappa shape index (κ1) is 17.6. The first-order valence-corrected chi connectivity index (χ1v) is 12.8. The number of hydrogen-bond acceptors (Lipinski definition) is 1. The number of aryl methyl sites for hydroxylation is 2. The molecule has 0 aliphatic heterocycles. The Labute approximate surface area is 126 Å². The quantitative estimate of drug-likeness (QED) is 0.581. The molecule has 0 saturated carbocycles. The van der Waals surface area contributed by atoms with Gasteiger partial charge in [0.05, 0.1) is 0 Å². The van der Waals surface area contributed by atoms with E-state index in [0.29, 0.717) is 0 Å². The molecule has 3 heteroatoms. The van der Waals surface area contributed by atoms with E-state index in [1.165, 1.54) is 38.5 Å². The molecule has 1 aromatic rings. The average Bonchev–Trinajstić information content (AvgIpc) is 2.72. The lowest BCUT2D eigenvalue weighted by molar-refractivity contribution is 0.804. The number of rotatable bonds is 8. The van der Waals surface area contributed by atoms with E-state index in [2.05, 4.69) is 51.8 Å². The lowest BCUT2D eigenvalue weighted by Gasteiger charge is -2.15.